The molecule has 92 valence electrons. The highest BCUT2D eigenvalue weighted by Gasteiger charge is 2.29. The third kappa shape index (κ3) is 1.59. The summed E-state index contributed by atoms with van der Waals surface area (Å²) < 4.78 is 0. The van der Waals surface area contributed by atoms with Crippen LogP contribution in [0.3, 0.4) is 0 Å². The average Bonchev–Trinajstić information content (AvgIpc) is 2.36. The predicted molar refractivity (Wildman–Crippen MR) is 78.6 cm³/mol. The number of allylic oxidation sites excluding steroid dienone is 6. The van der Waals surface area contributed by atoms with Gasteiger partial charge in [0.25, 0.3) is 0 Å². The van der Waals surface area contributed by atoms with Crippen molar-refractivity contribution in [2.24, 2.45) is 5.92 Å². The Morgan fingerprint density at radius 1 is 1.06 bits per heavy atom. The molecule has 0 saturated carbocycles. The number of fused-ring (bicyclic) bond motifs is 2. The van der Waals surface area contributed by atoms with E-state index in [-0.39, 0.29) is 0 Å². The minimum Gasteiger partial charge on any atom is -0.0761 e. The van der Waals surface area contributed by atoms with Crippen molar-refractivity contribution in [2.75, 3.05) is 0 Å². The summed E-state index contributed by atoms with van der Waals surface area (Å²) in [5, 5.41) is 0. The van der Waals surface area contributed by atoms with Crippen LogP contribution in [0.25, 0.3) is 5.57 Å². The van der Waals surface area contributed by atoms with Gasteiger partial charge in [0.05, 0.1) is 0 Å². The molecule has 0 N–H and O–H groups in total. The Morgan fingerprint density at radius 2 is 1.83 bits per heavy atom. The largest absolute Gasteiger partial charge is 0.0761 e. The quantitative estimate of drug-likeness (QED) is 0.593. The smallest absolute Gasteiger partial charge is 0.00904 e. The summed E-state index contributed by atoms with van der Waals surface area (Å²) >= 11 is 0. The van der Waals surface area contributed by atoms with Crippen molar-refractivity contribution in [1.29, 1.82) is 0 Å². The van der Waals surface area contributed by atoms with E-state index in [4.69, 9.17) is 0 Å². The molecular weight excluding hydrogens is 216 g/mol. The van der Waals surface area contributed by atoms with E-state index in [0.29, 0.717) is 11.8 Å². The highest BCUT2D eigenvalue weighted by molar-refractivity contribution is 5.77. The van der Waals surface area contributed by atoms with Gasteiger partial charge in [0.1, 0.15) is 0 Å². The molecule has 0 aromatic heterocycles. The van der Waals surface area contributed by atoms with E-state index >= 15 is 0 Å². The van der Waals surface area contributed by atoms with Crippen molar-refractivity contribution in [3.05, 3.63) is 64.3 Å². The lowest BCUT2D eigenvalue weighted by atomic mass is 9.70. The van der Waals surface area contributed by atoms with Gasteiger partial charge in [0.2, 0.25) is 0 Å². The molecule has 0 aliphatic heterocycles. The molecule has 2 aliphatic carbocycles. The van der Waals surface area contributed by atoms with E-state index in [1.54, 1.807) is 0 Å². The van der Waals surface area contributed by atoms with E-state index in [1.807, 2.05) is 0 Å². The molecule has 0 nitrogen and oxygen atoms in total. The third-order valence-electron chi connectivity index (χ3n) is 4.38. The molecular formula is C18H20. The van der Waals surface area contributed by atoms with Crippen LogP contribution in [0.4, 0.5) is 0 Å². The van der Waals surface area contributed by atoms with Crippen LogP contribution >= 0.6 is 0 Å². The van der Waals surface area contributed by atoms with Crippen molar-refractivity contribution in [2.45, 2.75) is 33.6 Å². The summed E-state index contributed by atoms with van der Waals surface area (Å²) in [5.74, 6) is 1.14. The van der Waals surface area contributed by atoms with E-state index in [1.165, 1.54) is 33.4 Å². The minimum absolute atomic E-state index is 0.558. The molecule has 0 heterocycles. The summed E-state index contributed by atoms with van der Waals surface area (Å²) in [5.41, 5.74) is 8.65. The maximum absolute atomic E-state index is 2.38. The molecule has 3 rings (SSSR count). The Morgan fingerprint density at radius 3 is 2.61 bits per heavy atom. The van der Waals surface area contributed by atoms with Gasteiger partial charge in [-0.2, -0.15) is 0 Å². The van der Waals surface area contributed by atoms with Crippen LogP contribution < -0.4 is 0 Å². The summed E-state index contributed by atoms with van der Waals surface area (Å²) in [6.07, 6.45) is 7.00. The zero-order valence-electron chi connectivity index (χ0n) is 11.6. The molecule has 0 bridgehead atoms. The van der Waals surface area contributed by atoms with Gasteiger partial charge in [-0.1, -0.05) is 54.5 Å². The molecule has 2 atom stereocenters. The van der Waals surface area contributed by atoms with E-state index in [2.05, 4.69) is 64.1 Å². The maximum Gasteiger partial charge on any atom is 0.00904 e. The lowest BCUT2D eigenvalue weighted by Crippen LogP contribution is -2.19. The zero-order valence-corrected chi connectivity index (χ0v) is 11.6. The number of hydrogen-bond acceptors (Lipinski definition) is 0. The molecule has 0 amide bonds. The Balaban J connectivity index is 2.25. The number of rotatable bonds is 0. The van der Waals surface area contributed by atoms with Crippen LogP contribution in [-0.4, -0.2) is 0 Å². The Kier molecular flexibility index (Phi) is 2.55. The first-order chi connectivity index (χ1) is 8.58. The van der Waals surface area contributed by atoms with Gasteiger partial charge in [-0.25, -0.2) is 0 Å². The van der Waals surface area contributed by atoms with Crippen LogP contribution in [0.1, 0.15) is 43.4 Å². The van der Waals surface area contributed by atoms with Crippen molar-refractivity contribution in [1.82, 2.24) is 0 Å². The van der Waals surface area contributed by atoms with Gasteiger partial charge in [-0.3, -0.25) is 0 Å². The normalized spacial score (nSPS) is 25.7. The molecule has 18 heavy (non-hydrogen) atoms. The van der Waals surface area contributed by atoms with Gasteiger partial charge >= 0.3 is 0 Å². The summed E-state index contributed by atoms with van der Waals surface area (Å²) in [4.78, 5) is 0. The summed E-state index contributed by atoms with van der Waals surface area (Å²) in [6, 6.07) is 6.88. The van der Waals surface area contributed by atoms with Crippen LogP contribution in [0, 0.1) is 12.8 Å². The zero-order chi connectivity index (χ0) is 12.9. The van der Waals surface area contributed by atoms with Crippen molar-refractivity contribution in [3.63, 3.8) is 0 Å². The molecule has 2 unspecified atom stereocenters. The monoisotopic (exact) mass is 236 g/mol. The second-order valence-electron chi connectivity index (χ2n) is 5.73. The second kappa shape index (κ2) is 3.98. The molecule has 1 aromatic rings. The minimum atomic E-state index is 0.558. The van der Waals surface area contributed by atoms with Crippen molar-refractivity contribution >= 4 is 5.57 Å². The van der Waals surface area contributed by atoms with Gasteiger partial charge in [0, 0.05) is 5.92 Å². The Labute approximate surface area is 110 Å². The SMILES string of the molecule is CC1=CC2=C(C)c3ccc(C)cc3C(C)C2C=C1. The van der Waals surface area contributed by atoms with Crippen molar-refractivity contribution in [3.8, 4) is 0 Å². The highest BCUT2D eigenvalue weighted by atomic mass is 14.3. The lowest BCUT2D eigenvalue weighted by Gasteiger charge is -2.34. The van der Waals surface area contributed by atoms with E-state index < -0.39 is 0 Å². The number of hydrogen-bond donors (Lipinski definition) is 0. The standard InChI is InChI=1S/C18H20/c1-11-5-7-15-14(4)18-10-12(2)6-8-16(18)13(3)17(15)9-11/h5-10,13,16H,1-4H3. The number of aryl methyl sites for hydroxylation is 1. The van der Waals surface area contributed by atoms with Gasteiger partial charge in [-0.15, -0.1) is 0 Å². The molecule has 2 aliphatic rings. The molecule has 1 aromatic carbocycles. The predicted octanol–water partition coefficient (Wildman–Crippen LogP) is 5.02. The Hall–Kier alpha value is -1.56. The first-order valence-corrected chi connectivity index (χ1v) is 6.76. The lowest BCUT2D eigenvalue weighted by molar-refractivity contribution is 0.611. The molecule has 0 fully saturated rings. The van der Waals surface area contributed by atoms with Gasteiger partial charge < -0.3 is 0 Å². The fourth-order valence-electron chi connectivity index (χ4n) is 3.29. The average molecular weight is 236 g/mol. The fraction of sp³-hybridized carbons (Fsp3) is 0.333. The first-order valence-electron chi connectivity index (χ1n) is 6.76. The molecule has 0 spiro atoms. The Bertz CT molecular complexity index is 596. The molecule has 0 heteroatoms. The summed E-state index contributed by atoms with van der Waals surface area (Å²) in [6.45, 7) is 8.99. The van der Waals surface area contributed by atoms with E-state index in [0.717, 1.165) is 0 Å². The maximum atomic E-state index is 2.38. The first kappa shape index (κ1) is 11.5. The topological polar surface area (TPSA) is 0 Å². The second-order valence-corrected chi connectivity index (χ2v) is 5.73. The van der Waals surface area contributed by atoms with Gasteiger partial charge in [0.15, 0.2) is 0 Å². The van der Waals surface area contributed by atoms with Crippen LogP contribution in [0.2, 0.25) is 0 Å². The highest BCUT2D eigenvalue weighted by Crippen LogP contribution is 2.45. The van der Waals surface area contributed by atoms with Crippen molar-refractivity contribution < 1.29 is 0 Å². The third-order valence-corrected chi connectivity index (χ3v) is 4.38. The molecule has 0 radical (unpaired) electrons. The van der Waals surface area contributed by atoms with E-state index in [9.17, 15) is 0 Å². The van der Waals surface area contributed by atoms with Crippen LogP contribution in [0.15, 0.2) is 47.6 Å². The van der Waals surface area contributed by atoms with Gasteiger partial charge in [-0.05, 0) is 49.0 Å². The van der Waals surface area contributed by atoms with Crippen LogP contribution in [-0.2, 0) is 0 Å². The van der Waals surface area contributed by atoms with Crippen LogP contribution in [0.5, 0.6) is 0 Å². The summed E-state index contributed by atoms with van der Waals surface area (Å²) in [7, 11) is 0. The number of benzene rings is 1. The molecule has 0 saturated heterocycles. The fourth-order valence-corrected chi connectivity index (χ4v) is 3.29.